The SMILES string of the molecule is CCNC(=O)c1cc(-c2ccc(C(F)(F)F)cc2)cc(-c2ccc(C(F)(F)F)cc2)c1. The maximum Gasteiger partial charge on any atom is 0.416 e. The van der Waals surface area contributed by atoms with Crippen molar-refractivity contribution < 1.29 is 31.1 Å². The average molecular weight is 437 g/mol. The van der Waals surface area contributed by atoms with Crippen molar-refractivity contribution in [3.8, 4) is 22.3 Å². The number of alkyl halides is 6. The molecule has 1 amide bonds. The normalized spacial score (nSPS) is 12.0. The predicted molar refractivity (Wildman–Crippen MR) is 105 cm³/mol. The predicted octanol–water partition coefficient (Wildman–Crippen LogP) is 6.81. The van der Waals surface area contributed by atoms with Gasteiger partial charge in [0.15, 0.2) is 0 Å². The minimum Gasteiger partial charge on any atom is -0.352 e. The quantitative estimate of drug-likeness (QED) is 0.447. The van der Waals surface area contributed by atoms with Crippen LogP contribution < -0.4 is 5.32 Å². The fourth-order valence-electron chi connectivity index (χ4n) is 3.06. The number of halogens is 6. The van der Waals surface area contributed by atoms with Gasteiger partial charge in [-0.3, -0.25) is 4.79 Å². The Labute approximate surface area is 174 Å². The fourth-order valence-corrected chi connectivity index (χ4v) is 3.06. The van der Waals surface area contributed by atoms with Crippen LogP contribution in [-0.4, -0.2) is 12.5 Å². The minimum absolute atomic E-state index is 0.245. The van der Waals surface area contributed by atoms with E-state index in [2.05, 4.69) is 5.32 Å². The number of rotatable bonds is 4. The van der Waals surface area contributed by atoms with Gasteiger partial charge in [-0.2, -0.15) is 26.3 Å². The number of nitrogens with one attached hydrogen (secondary N) is 1. The van der Waals surface area contributed by atoms with Gasteiger partial charge in [-0.15, -0.1) is 0 Å². The summed E-state index contributed by atoms with van der Waals surface area (Å²) in [6, 6.07) is 13.6. The first-order valence-corrected chi connectivity index (χ1v) is 9.27. The molecule has 0 heterocycles. The first-order valence-electron chi connectivity index (χ1n) is 9.27. The van der Waals surface area contributed by atoms with Crippen LogP contribution in [0, 0.1) is 0 Å². The molecule has 0 bridgehead atoms. The van der Waals surface area contributed by atoms with Crippen LogP contribution >= 0.6 is 0 Å². The van der Waals surface area contributed by atoms with E-state index in [9.17, 15) is 31.1 Å². The molecule has 8 heteroatoms. The van der Waals surface area contributed by atoms with Crippen molar-refractivity contribution in [1.82, 2.24) is 5.32 Å². The Hall–Kier alpha value is -3.29. The van der Waals surface area contributed by atoms with E-state index in [0.717, 1.165) is 24.3 Å². The highest BCUT2D eigenvalue weighted by Crippen LogP contribution is 2.34. The number of carbonyl (C=O) groups is 1. The van der Waals surface area contributed by atoms with Gasteiger partial charge >= 0.3 is 12.4 Å². The summed E-state index contributed by atoms with van der Waals surface area (Å²) >= 11 is 0. The molecule has 0 unspecified atom stereocenters. The zero-order valence-electron chi connectivity index (χ0n) is 16.2. The summed E-state index contributed by atoms with van der Waals surface area (Å²) in [6.07, 6.45) is -8.96. The molecular formula is C23H17F6NO. The summed E-state index contributed by atoms with van der Waals surface area (Å²) in [5.41, 5.74) is 0.437. The molecule has 31 heavy (non-hydrogen) atoms. The van der Waals surface area contributed by atoms with Crippen LogP contribution in [0.1, 0.15) is 28.4 Å². The molecule has 0 fully saturated rings. The molecule has 0 aromatic heterocycles. The second-order valence-corrected chi connectivity index (χ2v) is 6.81. The van der Waals surface area contributed by atoms with Crippen molar-refractivity contribution in [2.75, 3.05) is 6.54 Å². The lowest BCUT2D eigenvalue weighted by Gasteiger charge is -2.13. The third-order valence-corrected chi connectivity index (χ3v) is 4.62. The van der Waals surface area contributed by atoms with Gasteiger partial charge in [0.05, 0.1) is 11.1 Å². The van der Waals surface area contributed by atoms with E-state index in [-0.39, 0.29) is 5.56 Å². The van der Waals surface area contributed by atoms with Gasteiger partial charge in [0, 0.05) is 12.1 Å². The molecule has 3 rings (SSSR count). The topological polar surface area (TPSA) is 29.1 Å². The molecule has 1 N–H and O–H groups in total. The number of benzene rings is 3. The van der Waals surface area contributed by atoms with E-state index in [0.29, 0.717) is 28.8 Å². The largest absolute Gasteiger partial charge is 0.416 e. The minimum atomic E-state index is -4.48. The van der Waals surface area contributed by atoms with Gasteiger partial charge in [-0.1, -0.05) is 24.3 Å². The lowest BCUT2D eigenvalue weighted by atomic mass is 9.95. The molecule has 2 nitrogen and oxygen atoms in total. The van der Waals surface area contributed by atoms with Gasteiger partial charge in [0.2, 0.25) is 0 Å². The van der Waals surface area contributed by atoms with Crippen LogP contribution in [0.2, 0.25) is 0 Å². The average Bonchev–Trinajstić information content (AvgIpc) is 2.72. The first-order chi connectivity index (χ1) is 14.5. The van der Waals surface area contributed by atoms with E-state index in [1.807, 2.05) is 0 Å². The molecule has 3 aromatic carbocycles. The number of carbonyl (C=O) groups excluding carboxylic acids is 1. The van der Waals surface area contributed by atoms with Crippen molar-refractivity contribution in [2.45, 2.75) is 19.3 Å². The van der Waals surface area contributed by atoms with Gasteiger partial charge in [-0.25, -0.2) is 0 Å². The van der Waals surface area contributed by atoms with Crippen molar-refractivity contribution >= 4 is 5.91 Å². The molecule has 0 saturated heterocycles. The second-order valence-electron chi connectivity index (χ2n) is 6.81. The van der Waals surface area contributed by atoms with Gasteiger partial charge in [0.1, 0.15) is 0 Å². The van der Waals surface area contributed by atoms with Crippen molar-refractivity contribution in [1.29, 1.82) is 0 Å². The van der Waals surface area contributed by atoms with E-state index >= 15 is 0 Å². The molecule has 0 aliphatic rings. The molecule has 0 aliphatic carbocycles. The zero-order valence-corrected chi connectivity index (χ0v) is 16.2. The highest BCUT2D eigenvalue weighted by Gasteiger charge is 2.31. The van der Waals surface area contributed by atoms with E-state index < -0.39 is 29.4 Å². The number of hydrogen-bond acceptors (Lipinski definition) is 1. The lowest BCUT2D eigenvalue weighted by molar-refractivity contribution is -0.138. The Kier molecular flexibility index (Phi) is 6.10. The van der Waals surface area contributed by atoms with Crippen LogP contribution in [0.15, 0.2) is 66.7 Å². The van der Waals surface area contributed by atoms with Crippen LogP contribution in [0.5, 0.6) is 0 Å². The summed E-state index contributed by atoms with van der Waals surface area (Å²) in [5, 5.41) is 2.64. The molecule has 0 aliphatic heterocycles. The Morgan fingerprint density at radius 3 is 1.39 bits per heavy atom. The molecule has 0 atom stereocenters. The van der Waals surface area contributed by atoms with Crippen LogP contribution in [-0.2, 0) is 12.4 Å². The van der Waals surface area contributed by atoms with E-state index in [1.54, 1.807) is 13.0 Å². The highest BCUT2D eigenvalue weighted by atomic mass is 19.4. The third-order valence-electron chi connectivity index (χ3n) is 4.62. The smallest absolute Gasteiger partial charge is 0.352 e. The molecule has 3 aromatic rings. The van der Waals surface area contributed by atoms with Crippen LogP contribution in [0.25, 0.3) is 22.3 Å². The van der Waals surface area contributed by atoms with E-state index in [1.165, 1.54) is 36.4 Å². The van der Waals surface area contributed by atoms with Gasteiger partial charge < -0.3 is 5.32 Å². The molecular weight excluding hydrogens is 420 g/mol. The molecule has 0 spiro atoms. The Morgan fingerprint density at radius 1 is 0.677 bits per heavy atom. The summed E-state index contributed by atoms with van der Waals surface area (Å²) in [5.74, 6) is -0.399. The maximum atomic E-state index is 12.8. The van der Waals surface area contributed by atoms with Crippen molar-refractivity contribution in [2.24, 2.45) is 0 Å². The van der Waals surface area contributed by atoms with Crippen molar-refractivity contribution in [3.05, 3.63) is 83.4 Å². The summed E-state index contributed by atoms with van der Waals surface area (Å²) in [4.78, 5) is 12.4. The standard InChI is InChI=1S/C23H17F6NO/c1-2-30-21(31)18-12-16(14-3-7-19(8-4-14)22(24,25)26)11-17(13-18)15-5-9-20(10-6-15)23(27,28)29/h3-13H,2H2,1H3,(H,30,31). The number of amides is 1. The Bertz CT molecular complexity index is 991. The van der Waals surface area contributed by atoms with E-state index in [4.69, 9.17) is 0 Å². The molecule has 0 saturated carbocycles. The highest BCUT2D eigenvalue weighted by molar-refractivity contribution is 5.97. The summed E-state index contributed by atoms with van der Waals surface area (Å²) in [7, 11) is 0. The Balaban J connectivity index is 2.08. The third kappa shape index (κ3) is 5.25. The summed E-state index contributed by atoms with van der Waals surface area (Å²) < 4.78 is 77.1. The van der Waals surface area contributed by atoms with Gasteiger partial charge in [-0.05, 0) is 71.6 Å². The lowest BCUT2D eigenvalue weighted by Crippen LogP contribution is -2.22. The van der Waals surface area contributed by atoms with Gasteiger partial charge in [0.25, 0.3) is 5.91 Å². The van der Waals surface area contributed by atoms with Crippen LogP contribution in [0.4, 0.5) is 26.3 Å². The van der Waals surface area contributed by atoms with Crippen molar-refractivity contribution in [3.63, 3.8) is 0 Å². The fraction of sp³-hybridized carbons (Fsp3) is 0.174. The first kappa shape index (κ1) is 22.4. The second kappa shape index (κ2) is 8.45. The van der Waals surface area contributed by atoms with Crippen LogP contribution in [0.3, 0.4) is 0 Å². The molecule has 0 radical (unpaired) electrons. The maximum absolute atomic E-state index is 12.8. The number of hydrogen-bond donors (Lipinski definition) is 1. The zero-order chi connectivity index (χ0) is 22.8. The molecule has 162 valence electrons. The Morgan fingerprint density at radius 2 is 1.06 bits per heavy atom. The monoisotopic (exact) mass is 437 g/mol. The summed E-state index contributed by atoms with van der Waals surface area (Å²) in [6.45, 7) is 2.09.